The van der Waals surface area contributed by atoms with Gasteiger partial charge in [0.05, 0.1) is 0 Å². The van der Waals surface area contributed by atoms with Crippen molar-refractivity contribution in [2.24, 2.45) is 0 Å². The maximum Gasteiger partial charge on any atom is 0.460 e. The summed E-state index contributed by atoms with van der Waals surface area (Å²) in [6.45, 7) is 3.22. The van der Waals surface area contributed by atoms with E-state index in [1.54, 1.807) is 0 Å². The Morgan fingerprint density at radius 3 is 1.30 bits per heavy atom. The quantitative estimate of drug-likeness (QED) is 0.0734. The predicted octanol–water partition coefficient (Wildman–Crippen LogP) is 9.84. The largest absolute Gasteiger partial charge is 0.460 e. The number of hydrogen-bond donors (Lipinski definition) is 0. The molecule has 0 aliphatic heterocycles. The number of rotatable bonds is 15. The lowest BCUT2D eigenvalue weighted by Crippen LogP contribution is -2.70. The Kier molecular flexibility index (Phi) is 11.2. The maximum atomic E-state index is 14.2. The van der Waals surface area contributed by atoms with E-state index < -0.39 is 45.6 Å². The Bertz CT molecular complexity index is 601. The third kappa shape index (κ3) is 6.95. The van der Waals surface area contributed by atoms with Crippen molar-refractivity contribution in [2.45, 2.75) is 117 Å². The summed E-state index contributed by atoms with van der Waals surface area (Å²) in [7, 11) is 0. The van der Waals surface area contributed by atoms with Gasteiger partial charge in [0.15, 0.2) is 0 Å². The predicted molar refractivity (Wildman–Crippen MR) is 105 cm³/mol. The first-order chi connectivity index (χ1) is 14.6. The van der Waals surface area contributed by atoms with Crippen molar-refractivity contribution in [1.29, 1.82) is 0 Å². The van der Waals surface area contributed by atoms with Gasteiger partial charge in [-0.1, -0.05) is 81.4 Å². The van der Waals surface area contributed by atoms with Gasteiger partial charge in [-0.15, -0.1) is 0 Å². The Morgan fingerprint density at radius 2 is 0.909 bits per heavy atom. The van der Waals surface area contributed by atoms with Crippen LogP contribution in [-0.2, 0) is 0 Å². The van der Waals surface area contributed by atoms with E-state index in [0.29, 0.717) is 12.8 Å². The summed E-state index contributed by atoms with van der Waals surface area (Å²) in [5.41, 5.74) is 0. The number of hydrogen-bond acceptors (Lipinski definition) is 0. The standard InChI is InChI=1S/C19H26F13I/c1-3-5-6-7-8-9-10-11-13(33,4-2)12-14(20,21)15(22,23)16(24,25)17(26,27)18(28,29)19(30,31)32/h3-12H2,1-2H3. The molecule has 33 heavy (non-hydrogen) atoms. The van der Waals surface area contributed by atoms with Crippen molar-refractivity contribution in [2.75, 3.05) is 0 Å². The van der Waals surface area contributed by atoms with E-state index in [-0.39, 0.29) is 19.3 Å². The summed E-state index contributed by atoms with van der Waals surface area (Å²) in [4.78, 5) is 0. The van der Waals surface area contributed by atoms with Crippen molar-refractivity contribution in [3.63, 3.8) is 0 Å². The topological polar surface area (TPSA) is 0 Å². The molecule has 0 fully saturated rings. The molecular weight excluding hydrogens is 602 g/mol. The van der Waals surface area contributed by atoms with Crippen LogP contribution in [-0.4, -0.2) is 39.2 Å². The van der Waals surface area contributed by atoms with E-state index in [0.717, 1.165) is 25.7 Å². The lowest BCUT2D eigenvalue weighted by molar-refractivity contribution is -0.440. The molecule has 200 valence electrons. The average Bonchev–Trinajstić information content (AvgIpc) is 2.65. The van der Waals surface area contributed by atoms with E-state index in [2.05, 4.69) is 0 Å². The zero-order valence-electron chi connectivity index (χ0n) is 17.9. The Balaban J connectivity index is 5.64. The first kappa shape index (κ1) is 32.8. The van der Waals surface area contributed by atoms with E-state index in [1.165, 1.54) is 29.5 Å². The van der Waals surface area contributed by atoms with Gasteiger partial charge in [0, 0.05) is 9.84 Å². The lowest BCUT2D eigenvalue weighted by Gasteiger charge is -2.41. The third-order valence-corrected chi connectivity index (χ3v) is 7.08. The van der Waals surface area contributed by atoms with Gasteiger partial charge in [-0.25, -0.2) is 0 Å². The molecule has 0 nitrogen and oxygen atoms in total. The monoisotopic (exact) mass is 628 g/mol. The summed E-state index contributed by atoms with van der Waals surface area (Å²) in [6, 6.07) is 0. The Morgan fingerprint density at radius 1 is 0.515 bits per heavy atom. The van der Waals surface area contributed by atoms with Crippen molar-refractivity contribution < 1.29 is 57.1 Å². The SMILES string of the molecule is CCCCCCCCCC(I)(CC)CC(F)(F)C(F)(F)C(F)(F)C(F)(F)C(F)(F)C(F)(F)F. The molecule has 0 aliphatic carbocycles. The molecule has 1 unspecified atom stereocenters. The minimum absolute atomic E-state index is 0.204. The smallest absolute Gasteiger partial charge is 0.200 e. The van der Waals surface area contributed by atoms with Crippen molar-refractivity contribution in [1.82, 2.24) is 0 Å². The molecule has 0 spiro atoms. The zero-order chi connectivity index (χ0) is 26.6. The molecule has 0 N–H and O–H groups in total. The third-order valence-electron chi connectivity index (χ3n) is 5.40. The molecule has 0 heterocycles. The summed E-state index contributed by atoms with van der Waals surface area (Å²) < 4.78 is 171. The minimum atomic E-state index is -7.84. The van der Waals surface area contributed by atoms with Gasteiger partial charge in [-0.2, -0.15) is 57.1 Å². The van der Waals surface area contributed by atoms with Crippen LogP contribution in [0.1, 0.15) is 78.1 Å². The minimum Gasteiger partial charge on any atom is -0.200 e. The molecular formula is C19H26F13I. The highest BCUT2D eigenvalue weighted by atomic mass is 127. The number of unbranched alkanes of at least 4 members (excludes halogenated alkanes) is 6. The van der Waals surface area contributed by atoms with Crippen LogP contribution in [0.2, 0.25) is 0 Å². The molecule has 1 atom stereocenters. The Labute approximate surface area is 197 Å². The average molecular weight is 628 g/mol. The summed E-state index contributed by atoms with van der Waals surface area (Å²) in [5.74, 6) is -36.5. The lowest BCUT2D eigenvalue weighted by atomic mass is 9.86. The van der Waals surface area contributed by atoms with Gasteiger partial charge in [-0.3, -0.25) is 0 Å². The molecule has 0 amide bonds. The normalized spacial score (nSPS) is 16.7. The van der Waals surface area contributed by atoms with Crippen LogP contribution in [0.4, 0.5) is 57.1 Å². The number of halogens is 14. The van der Waals surface area contributed by atoms with Crippen molar-refractivity contribution in [3.05, 3.63) is 0 Å². The van der Waals surface area contributed by atoms with Crippen LogP contribution in [0, 0.1) is 0 Å². The van der Waals surface area contributed by atoms with E-state index in [4.69, 9.17) is 0 Å². The summed E-state index contributed by atoms with van der Waals surface area (Å²) >= 11 is 1.28. The van der Waals surface area contributed by atoms with Crippen LogP contribution < -0.4 is 0 Å². The maximum absolute atomic E-state index is 14.2. The molecule has 0 aliphatic rings. The summed E-state index contributed by atoms with van der Waals surface area (Å²) in [5, 5.41) is 0. The molecule has 0 aromatic carbocycles. The van der Waals surface area contributed by atoms with Crippen LogP contribution >= 0.6 is 22.6 Å². The molecule has 0 aromatic heterocycles. The fraction of sp³-hybridized carbons (Fsp3) is 1.00. The van der Waals surface area contributed by atoms with Gasteiger partial charge < -0.3 is 0 Å². The molecule has 0 saturated carbocycles. The van der Waals surface area contributed by atoms with Crippen molar-refractivity contribution in [3.8, 4) is 0 Å². The Hall–Kier alpha value is -0.180. The van der Waals surface area contributed by atoms with Gasteiger partial charge in [-0.05, 0) is 12.8 Å². The molecule has 14 heteroatoms. The second-order valence-corrected chi connectivity index (χ2v) is 10.3. The molecule has 0 saturated heterocycles. The zero-order valence-corrected chi connectivity index (χ0v) is 20.0. The first-order valence-corrected chi connectivity index (χ1v) is 11.3. The van der Waals surface area contributed by atoms with Crippen LogP contribution in [0.5, 0.6) is 0 Å². The highest BCUT2D eigenvalue weighted by Gasteiger charge is 2.90. The van der Waals surface area contributed by atoms with Crippen LogP contribution in [0.3, 0.4) is 0 Å². The highest BCUT2D eigenvalue weighted by molar-refractivity contribution is 14.1. The van der Waals surface area contributed by atoms with Crippen molar-refractivity contribution >= 4 is 22.6 Å². The molecule has 0 radical (unpaired) electrons. The second-order valence-electron chi connectivity index (χ2n) is 8.05. The second kappa shape index (κ2) is 11.3. The first-order valence-electron chi connectivity index (χ1n) is 10.2. The van der Waals surface area contributed by atoms with Gasteiger partial charge in [0.2, 0.25) is 0 Å². The van der Waals surface area contributed by atoms with E-state index in [9.17, 15) is 57.1 Å². The molecule has 0 aromatic rings. The fourth-order valence-electron chi connectivity index (χ4n) is 3.10. The van der Waals surface area contributed by atoms with Crippen LogP contribution in [0.25, 0.3) is 0 Å². The fourth-order valence-corrected chi connectivity index (χ4v) is 3.96. The highest BCUT2D eigenvalue weighted by Crippen LogP contribution is 2.61. The van der Waals surface area contributed by atoms with Gasteiger partial charge >= 0.3 is 35.8 Å². The van der Waals surface area contributed by atoms with Crippen LogP contribution in [0.15, 0.2) is 0 Å². The summed E-state index contributed by atoms with van der Waals surface area (Å²) in [6.07, 6.45) is -4.96. The van der Waals surface area contributed by atoms with E-state index >= 15 is 0 Å². The van der Waals surface area contributed by atoms with Gasteiger partial charge in [0.25, 0.3) is 0 Å². The molecule has 0 bridgehead atoms. The van der Waals surface area contributed by atoms with Gasteiger partial charge in [0.1, 0.15) is 0 Å². The number of alkyl halides is 14. The molecule has 0 rings (SSSR count). The van der Waals surface area contributed by atoms with E-state index in [1.807, 2.05) is 6.92 Å².